The van der Waals surface area contributed by atoms with Crippen molar-refractivity contribution in [2.24, 2.45) is 0 Å². The summed E-state index contributed by atoms with van der Waals surface area (Å²) < 4.78 is 7.28. The van der Waals surface area contributed by atoms with E-state index in [0.717, 1.165) is 47.2 Å². The van der Waals surface area contributed by atoms with Gasteiger partial charge in [0.2, 0.25) is 5.91 Å². The summed E-state index contributed by atoms with van der Waals surface area (Å²) in [5.74, 6) is 2.31. The van der Waals surface area contributed by atoms with E-state index in [1.165, 1.54) is 11.8 Å². The van der Waals surface area contributed by atoms with Crippen molar-refractivity contribution >= 4 is 17.7 Å². The van der Waals surface area contributed by atoms with E-state index in [2.05, 4.69) is 32.2 Å². The third-order valence-electron chi connectivity index (χ3n) is 5.14. The number of benzene rings is 2. The number of nitrogens with zero attached hydrogens (tertiary/aromatic N) is 3. The first-order valence-corrected chi connectivity index (χ1v) is 11.1. The minimum absolute atomic E-state index is 0.00379. The summed E-state index contributed by atoms with van der Waals surface area (Å²) in [6.45, 7) is 2.50. The van der Waals surface area contributed by atoms with Crippen LogP contribution in [-0.4, -0.2) is 39.6 Å². The summed E-state index contributed by atoms with van der Waals surface area (Å²) >= 11 is 1.45. The fourth-order valence-electron chi connectivity index (χ4n) is 3.26. The molecule has 1 aliphatic rings. The second-order valence-electron chi connectivity index (χ2n) is 7.44. The highest BCUT2D eigenvalue weighted by molar-refractivity contribution is 8.00. The van der Waals surface area contributed by atoms with Crippen molar-refractivity contribution in [3.8, 4) is 11.4 Å². The van der Waals surface area contributed by atoms with Gasteiger partial charge in [0.1, 0.15) is 11.6 Å². The van der Waals surface area contributed by atoms with Gasteiger partial charge in [-0.15, -0.1) is 10.2 Å². The largest absolute Gasteiger partial charge is 0.497 e. The molecule has 4 rings (SSSR count). The number of para-hydroxylation sites is 1. The van der Waals surface area contributed by atoms with Crippen molar-refractivity contribution in [3.63, 3.8) is 0 Å². The monoisotopic (exact) mass is 422 g/mol. The Morgan fingerprint density at radius 2 is 1.90 bits per heavy atom. The molecule has 1 unspecified atom stereocenters. The minimum Gasteiger partial charge on any atom is -0.497 e. The van der Waals surface area contributed by atoms with Gasteiger partial charge in [-0.3, -0.25) is 9.36 Å². The van der Waals surface area contributed by atoms with Crippen molar-refractivity contribution in [1.82, 2.24) is 20.1 Å². The zero-order valence-electron chi connectivity index (χ0n) is 17.2. The summed E-state index contributed by atoms with van der Waals surface area (Å²) in [6.07, 6.45) is 3.08. The number of nitrogens with one attached hydrogen (secondary N) is 1. The molecule has 156 valence electrons. The van der Waals surface area contributed by atoms with E-state index in [1.54, 1.807) is 7.11 Å². The van der Waals surface area contributed by atoms with E-state index in [4.69, 9.17) is 4.74 Å². The van der Waals surface area contributed by atoms with Crippen LogP contribution in [0.25, 0.3) is 5.69 Å². The van der Waals surface area contributed by atoms with Crippen LogP contribution < -0.4 is 10.1 Å². The molecule has 0 bridgehead atoms. The molecule has 0 aliphatic heterocycles. The summed E-state index contributed by atoms with van der Waals surface area (Å²) in [5, 5.41) is 12.4. The topological polar surface area (TPSA) is 69.0 Å². The molecule has 2 aromatic carbocycles. The van der Waals surface area contributed by atoms with Gasteiger partial charge in [0, 0.05) is 18.2 Å². The Balaban J connectivity index is 1.37. The average molecular weight is 423 g/mol. The van der Waals surface area contributed by atoms with Crippen LogP contribution in [0.5, 0.6) is 5.75 Å². The summed E-state index contributed by atoms with van der Waals surface area (Å²) in [5.41, 5.74) is 2.20. The molecular formula is C23H26N4O2S. The van der Waals surface area contributed by atoms with Gasteiger partial charge in [0.05, 0.1) is 12.4 Å². The maximum Gasteiger partial charge on any atom is 0.233 e. The predicted octanol–water partition coefficient (Wildman–Crippen LogP) is 3.99. The number of carbonyl (C=O) groups is 1. The lowest BCUT2D eigenvalue weighted by molar-refractivity contribution is -0.120. The van der Waals surface area contributed by atoms with Crippen LogP contribution in [0, 0.1) is 0 Å². The quantitative estimate of drug-likeness (QED) is 0.528. The lowest BCUT2D eigenvalue weighted by Crippen LogP contribution is -2.32. The normalized spacial score (nSPS) is 14.3. The SMILES string of the molecule is COc1ccc(CCNC(=O)C(C)Sc2nnc(C3CC3)n2-c2ccccc2)cc1. The van der Waals surface area contributed by atoms with Crippen LogP contribution in [0.15, 0.2) is 59.8 Å². The fraction of sp³-hybridized carbons (Fsp3) is 0.348. The third kappa shape index (κ3) is 4.84. The number of thioether (sulfide) groups is 1. The van der Waals surface area contributed by atoms with Gasteiger partial charge >= 0.3 is 0 Å². The van der Waals surface area contributed by atoms with E-state index < -0.39 is 0 Å². The molecule has 1 heterocycles. The van der Waals surface area contributed by atoms with Gasteiger partial charge < -0.3 is 10.1 Å². The first kappa shape index (κ1) is 20.5. The van der Waals surface area contributed by atoms with Crippen molar-refractivity contribution in [1.29, 1.82) is 0 Å². The molecule has 0 saturated heterocycles. The Hall–Kier alpha value is -2.80. The fourth-order valence-corrected chi connectivity index (χ4v) is 4.16. The standard InChI is InChI=1S/C23H26N4O2S/c1-16(22(28)24-15-14-17-8-12-20(29-2)13-9-17)30-23-26-25-21(18-10-11-18)27(23)19-6-4-3-5-7-19/h3-9,12-13,16,18H,10-11,14-15H2,1-2H3,(H,24,28). The maximum absolute atomic E-state index is 12.6. The molecule has 1 saturated carbocycles. The Kier molecular flexibility index (Phi) is 6.38. The minimum atomic E-state index is -0.264. The molecule has 1 fully saturated rings. The van der Waals surface area contributed by atoms with E-state index in [9.17, 15) is 4.79 Å². The molecule has 6 nitrogen and oxygen atoms in total. The molecular weight excluding hydrogens is 396 g/mol. The van der Waals surface area contributed by atoms with Gasteiger partial charge in [-0.25, -0.2) is 0 Å². The average Bonchev–Trinajstić information content (AvgIpc) is 3.55. The van der Waals surface area contributed by atoms with Crippen LogP contribution in [0.2, 0.25) is 0 Å². The van der Waals surface area contributed by atoms with Crippen molar-refractivity contribution in [2.45, 2.75) is 42.5 Å². The highest BCUT2D eigenvalue weighted by atomic mass is 32.2. The molecule has 1 N–H and O–H groups in total. The first-order valence-electron chi connectivity index (χ1n) is 10.2. The zero-order valence-corrected chi connectivity index (χ0v) is 18.1. The maximum atomic E-state index is 12.6. The number of amides is 1. The van der Waals surface area contributed by atoms with Crippen LogP contribution >= 0.6 is 11.8 Å². The first-order chi connectivity index (χ1) is 14.7. The number of hydrogen-bond acceptors (Lipinski definition) is 5. The van der Waals surface area contributed by atoms with E-state index in [1.807, 2.05) is 49.4 Å². The molecule has 1 amide bonds. The predicted molar refractivity (Wildman–Crippen MR) is 118 cm³/mol. The van der Waals surface area contributed by atoms with Gasteiger partial charge in [0.25, 0.3) is 0 Å². The second kappa shape index (κ2) is 9.34. The third-order valence-corrected chi connectivity index (χ3v) is 6.18. The Labute approximate surface area is 181 Å². The summed E-state index contributed by atoms with van der Waals surface area (Å²) in [6, 6.07) is 18.0. The van der Waals surface area contributed by atoms with Gasteiger partial charge in [0.15, 0.2) is 5.16 Å². The molecule has 0 radical (unpaired) electrons. The molecule has 1 aliphatic carbocycles. The highest BCUT2D eigenvalue weighted by Crippen LogP contribution is 2.41. The number of rotatable bonds is 9. The second-order valence-corrected chi connectivity index (χ2v) is 8.74. The van der Waals surface area contributed by atoms with Crippen LogP contribution in [0.4, 0.5) is 0 Å². The smallest absolute Gasteiger partial charge is 0.233 e. The van der Waals surface area contributed by atoms with Crippen LogP contribution in [-0.2, 0) is 11.2 Å². The summed E-state index contributed by atoms with van der Waals surface area (Å²) in [4.78, 5) is 12.6. The van der Waals surface area contributed by atoms with Gasteiger partial charge in [-0.05, 0) is 56.0 Å². The highest BCUT2D eigenvalue weighted by Gasteiger charge is 2.31. The van der Waals surface area contributed by atoms with Gasteiger partial charge in [-0.2, -0.15) is 0 Å². The molecule has 1 aromatic heterocycles. The van der Waals surface area contributed by atoms with Crippen molar-refractivity contribution in [3.05, 3.63) is 66.0 Å². The number of hydrogen-bond donors (Lipinski definition) is 1. The van der Waals surface area contributed by atoms with E-state index >= 15 is 0 Å². The van der Waals surface area contributed by atoms with Crippen LogP contribution in [0.3, 0.4) is 0 Å². The Morgan fingerprint density at radius 1 is 1.17 bits per heavy atom. The van der Waals surface area contributed by atoms with E-state index in [0.29, 0.717) is 12.5 Å². The Morgan fingerprint density at radius 3 is 2.57 bits per heavy atom. The molecule has 30 heavy (non-hydrogen) atoms. The van der Waals surface area contributed by atoms with Crippen molar-refractivity contribution in [2.75, 3.05) is 13.7 Å². The molecule has 7 heteroatoms. The number of methoxy groups -OCH3 is 1. The summed E-state index contributed by atoms with van der Waals surface area (Å²) in [7, 11) is 1.65. The molecule has 0 spiro atoms. The van der Waals surface area contributed by atoms with E-state index in [-0.39, 0.29) is 11.2 Å². The van der Waals surface area contributed by atoms with Gasteiger partial charge in [-0.1, -0.05) is 42.1 Å². The number of aromatic nitrogens is 3. The Bertz CT molecular complexity index is 984. The molecule has 3 aromatic rings. The van der Waals surface area contributed by atoms with Crippen molar-refractivity contribution < 1.29 is 9.53 Å². The lowest BCUT2D eigenvalue weighted by atomic mass is 10.1. The molecule has 1 atom stereocenters. The number of carbonyl (C=O) groups excluding carboxylic acids is 1. The van der Waals surface area contributed by atoms with Crippen LogP contribution in [0.1, 0.15) is 37.1 Å². The lowest BCUT2D eigenvalue weighted by Gasteiger charge is -2.14. The zero-order chi connectivity index (χ0) is 20.9. The number of ether oxygens (including phenoxy) is 1.